The standard InChI is InChI=1S/C14H19N5S/c1-19-8-2-3-11(19)9-17-14-12(13(15)18-20-14)10-4-6-16-7-5-10/h4-7,11,17H,2-3,8-9H2,1H3,(H2,15,18). The summed E-state index contributed by atoms with van der Waals surface area (Å²) in [6.45, 7) is 2.13. The maximum absolute atomic E-state index is 6.01. The van der Waals surface area contributed by atoms with E-state index in [0.717, 1.165) is 22.7 Å². The van der Waals surface area contributed by atoms with Crippen molar-refractivity contribution in [3.05, 3.63) is 24.5 Å². The van der Waals surface area contributed by atoms with Crippen molar-refractivity contribution in [2.45, 2.75) is 18.9 Å². The Bertz CT molecular complexity index is 568. The van der Waals surface area contributed by atoms with Crippen LogP contribution in [0, 0.1) is 0 Å². The lowest BCUT2D eigenvalue weighted by Crippen LogP contribution is -2.31. The van der Waals surface area contributed by atoms with Crippen LogP contribution < -0.4 is 11.1 Å². The van der Waals surface area contributed by atoms with Crippen LogP contribution in [0.5, 0.6) is 0 Å². The lowest BCUT2D eigenvalue weighted by atomic mass is 10.1. The van der Waals surface area contributed by atoms with E-state index in [1.54, 1.807) is 12.4 Å². The van der Waals surface area contributed by atoms with Crippen molar-refractivity contribution >= 4 is 22.4 Å². The fourth-order valence-electron chi connectivity index (χ4n) is 2.67. The molecular formula is C14H19N5S. The molecule has 2 aromatic heterocycles. The smallest absolute Gasteiger partial charge is 0.147 e. The van der Waals surface area contributed by atoms with Gasteiger partial charge in [0, 0.05) is 25.0 Å². The second-order valence-corrected chi connectivity index (χ2v) is 5.94. The number of anilines is 2. The van der Waals surface area contributed by atoms with Crippen LogP contribution in [-0.4, -0.2) is 40.4 Å². The highest BCUT2D eigenvalue weighted by atomic mass is 32.1. The molecule has 1 aliphatic rings. The zero-order chi connectivity index (χ0) is 13.9. The Morgan fingerprint density at radius 2 is 2.25 bits per heavy atom. The third-order valence-electron chi connectivity index (χ3n) is 3.86. The van der Waals surface area contributed by atoms with E-state index in [1.807, 2.05) is 12.1 Å². The normalized spacial score (nSPS) is 19.4. The van der Waals surface area contributed by atoms with Crippen molar-refractivity contribution in [1.82, 2.24) is 14.3 Å². The van der Waals surface area contributed by atoms with Gasteiger partial charge in [0.05, 0.1) is 5.56 Å². The number of nitrogens with zero attached hydrogens (tertiary/aromatic N) is 3. The number of rotatable bonds is 4. The van der Waals surface area contributed by atoms with Crippen LogP contribution >= 0.6 is 11.5 Å². The molecule has 5 nitrogen and oxygen atoms in total. The molecule has 1 saturated heterocycles. The molecule has 3 rings (SSSR count). The second kappa shape index (κ2) is 5.76. The van der Waals surface area contributed by atoms with Gasteiger partial charge in [0.15, 0.2) is 0 Å². The molecule has 106 valence electrons. The van der Waals surface area contributed by atoms with Crippen molar-refractivity contribution in [2.24, 2.45) is 0 Å². The number of likely N-dealkylation sites (N-methyl/N-ethyl adjacent to an activating group) is 1. The summed E-state index contributed by atoms with van der Waals surface area (Å²) in [5, 5.41) is 4.57. The maximum atomic E-state index is 6.01. The summed E-state index contributed by atoms with van der Waals surface area (Å²) < 4.78 is 4.28. The molecule has 0 aliphatic carbocycles. The number of hydrogen-bond acceptors (Lipinski definition) is 6. The highest BCUT2D eigenvalue weighted by molar-refractivity contribution is 7.11. The quantitative estimate of drug-likeness (QED) is 0.904. The van der Waals surface area contributed by atoms with Gasteiger partial charge in [-0.2, -0.15) is 4.37 Å². The Morgan fingerprint density at radius 3 is 2.95 bits per heavy atom. The number of likely N-dealkylation sites (tertiary alicyclic amines) is 1. The van der Waals surface area contributed by atoms with E-state index in [-0.39, 0.29) is 0 Å². The Hall–Kier alpha value is -1.66. The molecule has 1 atom stereocenters. The largest absolute Gasteiger partial charge is 0.382 e. The predicted molar refractivity (Wildman–Crippen MR) is 83.9 cm³/mol. The highest BCUT2D eigenvalue weighted by Gasteiger charge is 2.21. The van der Waals surface area contributed by atoms with Gasteiger partial charge in [-0.25, -0.2) is 0 Å². The number of nitrogens with two attached hydrogens (primary N) is 1. The lowest BCUT2D eigenvalue weighted by molar-refractivity contribution is 0.322. The molecule has 1 fully saturated rings. The molecule has 6 heteroatoms. The summed E-state index contributed by atoms with van der Waals surface area (Å²) in [5.41, 5.74) is 8.07. The van der Waals surface area contributed by atoms with Gasteiger partial charge < -0.3 is 16.0 Å². The van der Waals surface area contributed by atoms with Crippen molar-refractivity contribution in [2.75, 3.05) is 31.2 Å². The van der Waals surface area contributed by atoms with Crippen LogP contribution in [0.15, 0.2) is 24.5 Å². The monoisotopic (exact) mass is 289 g/mol. The Kier molecular flexibility index (Phi) is 3.84. The zero-order valence-corrected chi connectivity index (χ0v) is 12.4. The Balaban J connectivity index is 1.77. The van der Waals surface area contributed by atoms with E-state index in [1.165, 1.54) is 30.9 Å². The van der Waals surface area contributed by atoms with E-state index in [2.05, 4.69) is 26.6 Å². The van der Waals surface area contributed by atoms with Crippen molar-refractivity contribution in [3.63, 3.8) is 0 Å². The molecule has 2 aromatic rings. The minimum atomic E-state index is 0.587. The third kappa shape index (κ3) is 2.62. The fraction of sp³-hybridized carbons (Fsp3) is 0.429. The topological polar surface area (TPSA) is 67.1 Å². The molecule has 3 N–H and O–H groups in total. The Morgan fingerprint density at radius 1 is 1.45 bits per heavy atom. The first-order valence-electron chi connectivity index (χ1n) is 6.85. The van der Waals surface area contributed by atoms with Gasteiger partial charge in [-0.1, -0.05) is 0 Å². The first-order chi connectivity index (χ1) is 9.75. The van der Waals surface area contributed by atoms with Gasteiger partial charge in [-0.3, -0.25) is 4.98 Å². The molecule has 0 aromatic carbocycles. The first-order valence-corrected chi connectivity index (χ1v) is 7.62. The molecule has 0 saturated carbocycles. The summed E-state index contributed by atoms with van der Waals surface area (Å²) >= 11 is 1.43. The molecular weight excluding hydrogens is 270 g/mol. The average Bonchev–Trinajstić information content (AvgIpc) is 3.03. The van der Waals surface area contributed by atoms with E-state index >= 15 is 0 Å². The number of aromatic nitrogens is 2. The number of nitrogen functional groups attached to an aromatic ring is 1. The van der Waals surface area contributed by atoms with Gasteiger partial charge in [0.25, 0.3) is 0 Å². The first kappa shape index (κ1) is 13.3. The van der Waals surface area contributed by atoms with Crippen LogP contribution in [0.2, 0.25) is 0 Å². The van der Waals surface area contributed by atoms with Crippen molar-refractivity contribution < 1.29 is 0 Å². The predicted octanol–water partition coefficient (Wildman–Crippen LogP) is 2.29. The van der Waals surface area contributed by atoms with E-state index in [0.29, 0.717) is 11.9 Å². The fourth-order valence-corrected chi connectivity index (χ4v) is 3.41. The minimum absolute atomic E-state index is 0.587. The van der Waals surface area contributed by atoms with Crippen LogP contribution in [0.25, 0.3) is 11.1 Å². The van der Waals surface area contributed by atoms with Crippen molar-refractivity contribution in [3.8, 4) is 11.1 Å². The molecule has 0 amide bonds. The van der Waals surface area contributed by atoms with Crippen molar-refractivity contribution in [1.29, 1.82) is 0 Å². The van der Waals surface area contributed by atoms with E-state index in [9.17, 15) is 0 Å². The van der Waals surface area contributed by atoms with E-state index in [4.69, 9.17) is 5.73 Å². The summed E-state index contributed by atoms with van der Waals surface area (Å²) in [6.07, 6.45) is 6.09. The number of hydrogen-bond donors (Lipinski definition) is 2. The molecule has 0 radical (unpaired) electrons. The number of pyridine rings is 1. The summed E-state index contributed by atoms with van der Waals surface area (Å²) in [7, 11) is 2.18. The molecule has 0 bridgehead atoms. The Labute approximate surface area is 123 Å². The third-order valence-corrected chi connectivity index (χ3v) is 4.68. The van der Waals surface area contributed by atoms with Crippen LogP contribution in [0.3, 0.4) is 0 Å². The summed E-state index contributed by atoms with van der Waals surface area (Å²) in [5.74, 6) is 0.587. The van der Waals surface area contributed by atoms with Crippen LogP contribution in [-0.2, 0) is 0 Å². The lowest BCUT2D eigenvalue weighted by Gasteiger charge is -2.20. The molecule has 1 aliphatic heterocycles. The van der Waals surface area contributed by atoms with Crippen LogP contribution in [0.1, 0.15) is 12.8 Å². The van der Waals surface area contributed by atoms with Gasteiger partial charge in [0.1, 0.15) is 10.8 Å². The minimum Gasteiger partial charge on any atom is -0.382 e. The molecule has 3 heterocycles. The summed E-state index contributed by atoms with van der Waals surface area (Å²) in [6, 6.07) is 4.53. The SMILES string of the molecule is CN1CCCC1CNc1snc(N)c1-c1ccncc1. The average molecular weight is 289 g/mol. The van der Waals surface area contributed by atoms with Gasteiger partial charge in [-0.05, 0) is 55.7 Å². The van der Waals surface area contributed by atoms with E-state index < -0.39 is 0 Å². The molecule has 20 heavy (non-hydrogen) atoms. The highest BCUT2D eigenvalue weighted by Crippen LogP contribution is 2.36. The number of nitrogens with one attached hydrogen (secondary N) is 1. The van der Waals surface area contributed by atoms with Gasteiger partial charge in [0.2, 0.25) is 0 Å². The summed E-state index contributed by atoms with van der Waals surface area (Å²) in [4.78, 5) is 6.45. The second-order valence-electron chi connectivity index (χ2n) is 5.17. The maximum Gasteiger partial charge on any atom is 0.147 e. The van der Waals surface area contributed by atoms with Crippen LogP contribution in [0.4, 0.5) is 10.8 Å². The zero-order valence-electron chi connectivity index (χ0n) is 11.5. The van der Waals surface area contributed by atoms with Gasteiger partial charge >= 0.3 is 0 Å². The molecule has 0 spiro atoms. The van der Waals surface area contributed by atoms with Gasteiger partial charge in [-0.15, -0.1) is 0 Å². The molecule has 1 unspecified atom stereocenters.